The fourth-order valence-corrected chi connectivity index (χ4v) is 3.85. The molecule has 0 spiro atoms. The van der Waals surface area contributed by atoms with E-state index in [1.807, 2.05) is 18.2 Å². The van der Waals surface area contributed by atoms with Gasteiger partial charge in [-0.1, -0.05) is 30.3 Å². The van der Waals surface area contributed by atoms with Gasteiger partial charge in [0.1, 0.15) is 5.69 Å². The van der Waals surface area contributed by atoms with Crippen LogP contribution in [0.4, 0.5) is 4.39 Å². The van der Waals surface area contributed by atoms with Crippen LogP contribution in [-0.4, -0.2) is 20.5 Å². The Bertz CT molecular complexity index is 1320. The maximum absolute atomic E-state index is 14.4. The van der Waals surface area contributed by atoms with E-state index in [-0.39, 0.29) is 33.6 Å². The largest absolute Gasteiger partial charge is 0.494 e. The number of methoxy groups -OCH3 is 1. The maximum atomic E-state index is 14.4. The standard InChI is InChI=1S/C22H17FN2O4S/c1-28-18-12-11-15(13-17(18)23)20-21(16-9-5-6-10-19(16)30(24,26)27)29-22(25-20)14-7-3-2-4-8-14/h2-13H,1H3,(H2,24,26,27). The summed E-state index contributed by atoms with van der Waals surface area (Å²) in [6.45, 7) is 0. The van der Waals surface area contributed by atoms with Crippen LogP contribution in [0, 0.1) is 5.82 Å². The first-order valence-electron chi connectivity index (χ1n) is 8.91. The Morgan fingerprint density at radius 3 is 2.33 bits per heavy atom. The molecule has 0 saturated heterocycles. The van der Waals surface area contributed by atoms with Gasteiger partial charge in [-0.2, -0.15) is 0 Å². The number of benzene rings is 3. The molecule has 3 aromatic carbocycles. The van der Waals surface area contributed by atoms with Crippen LogP contribution in [0.25, 0.3) is 34.0 Å². The molecule has 0 aliphatic carbocycles. The quantitative estimate of drug-likeness (QED) is 0.510. The van der Waals surface area contributed by atoms with Crippen molar-refractivity contribution in [3.63, 3.8) is 0 Å². The Balaban J connectivity index is 1.99. The molecule has 4 rings (SSSR count). The Morgan fingerprint density at radius 1 is 0.967 bits per heavy atom. The molecule has 2 N–H and O–H groups in total. The molecule has 0 amide bonds. The highest BCUT2D eigenvalue weighted by atomic mass is 32.2. The molecule has 0 fully saturated rings. The van der Waals surface area contributed by atoms with Gasteiger partial charge in [0.2, 0.25) is 15.9 Å². The molecular weight excluding hydrogens is 407 g/mol. The van der Waals surface area contributed by atoms with E-state index in [1.165, 1.54) is 25.3 Å². The Labute approximate surface area is 172 Å². The lowest BCUT2D eigenvalue weighted by atomic mass is 10.1. The van der Waals surface area contributed by atoms with Crippen molar-refractivity contribution in [2.24, 2.45) is 5.14 Å². The van der Waals surface area contributed by atoms with Crippen LogP contribution in [0.1, 0.15) is 0 Å². The van der Waals surface area contributed by atoms with Gasteiger partial charge in [0.15, 0.2) is 17.3 Å². The fraction of sp³-hybridized carbons (Fsp3) is 0.0455. The molecule has 152 valence electrons. The smallest absolute Gasteiger partial charge is 0.238 e. The van der Waals surface area contributed by atoms with Crippen molar-refractivity contribution in [1.29, 1.82) is 0 Å². The molecule has 0 atom stereocenters. The molecule has 30 heavy (non-hydrogen) atoms. The Hall–Kier alpha value is -3.49. The number of aromatic nitrogens is 1. The number of halogens is 1. The molecule has 8 heteroatoms. The number of hydrogen-bond donors (Lipinski definition) is 1. The van der Waals surface area contributed by atoms with Crippen LogP contribution in [0.2, 0.25) is 0 Å². The van der Waals surface area contributed by atoms with Crippen LogP contribution in [0.15, 0.2) is 82.1 Å². The van der Waals surface area contributed by atoms with Crippen LogP contribution < -0.4 is 9.88 Å². The van der Waals surface area contributed by atoms with Crippen molar-refractivity contribution in [2.75, 3.05) is 7.11 Å². The van der Waals surface area contributed by atoms with Gasteiger partial charge in [-0.05, 0) is 42.5 Å². The summed E-state index contributed by atoms with van der Waals surface area (Å²) in [4.78, 5) is 4.42. The third-order valence-corrected chi connectivity index (χ3v) is 5.48. The lowest BCUT2D eigenvalue weighted by Gasteiger charge is -2.08. The average molecular weight is 424 g/mol. The summed E-state index contributed by atoms with van der Waals surface area (Å²) >= 11 is 0. The molecule has 1 heterocycles. The number of hydrogen-bond acceptors (Lipinski definition) is 5. The van der Waals surface area contributed by atoms with E-state index in [9.17, 15) is 12.8 Å². The molecule has 1 aromatic heterocycles. The van der Waals surface area contributed by atoms with Gasteiger partial charge in [0.05, 0.1) is 12.0 Å². The number of oxazole rings is 1. The zero-order valence-corrected chi connectivity index (χ0v) is 16.7. The number of nitrogens with two attached hydrogens (primary N) is 1. The van der Waals surface area contributed by atoms with Gasteiger partial charge >= 0.3 is 0 Å². The third-order valence-electron chi connectivity index (χ3n) is 4.51. The second-order valence-corrected chi connectivity index (χ2v) is 7.98. The summed E-state index contributed by atoms with van der Waals surface area (Å²) in [5.41, 5.74) is 1.61. The Morgan fingerprint density at radius 2 is 1.67 bits per heavy atom. The molecular formula is C22H17FN2O4S. The van der Waals surface area contributed by atoms with E-state index in [2.05, 4.69) is 4.98 Å². The van der Waals surface area contributed by atoms with Crippen molar-refractivity contribution < 1.29 is 22.0 Å². The zero-order valence-electron chi connectivity index (χ0n) is 15.9. The van der Waals surface area contributed by atoms with Crippen LogP contribution >= 0.6 is 0 Å². The maximum Gasteiger partial charge on any atom is 0.238 e. The van der Waals surface area contributed by atoms with Crippen LogP contribution in [0.3, 0.4) is 0 Å². The van der Waals surface area contributed by atoms with Gasteiger partial charge < -0.3 is 9.15 Å². The van der Waals surface area contributed by atoms with Gasteiger partial charge in [0, 0.05) is 16.7 Å². The number of ether oxygens (including phenoxy) is 1. The molecule has 0 aliphatic rings. The molecule has 0 radical (unpaired) electrons. The first kappa shape index (κ1) is 19.8. The molecule has 4 aromatic rings. The number of rotatable bonds is 5. The van der Waals surface area contributed by atoms with Crippen LogP contribution in [0.5, 0.6) is 5.75 Å². The van der Waals surface area contributed by atoms with E-state index in [0.29, 0.717) is 11.1 Å². The lowest BCUT2D eigenvalue weighted by molar-refractivity contribution is 0.386. The summed E-state index contributed by atoms with van der Waals surface area (Å²) in [6, 6.07) is 19.6. The zero-order chi connectivity index (χ0) is 21.3. The summed E-state index contributed by atoms with van der Waals surface area (Å²) in [5.74, 6) is -0.0638. The van der Waals surface area contributed by atoms with E-state index >= 15 is 0 Å². The normalized spacial score (nSPS) is 11.4. The minimum atomic E-state index is -4.04. The van der Waals surface area contributed by atoms with E-state index in [1.54, 1.807) is 36.4 Å². The van der Waals surface area contributed by atoms with E-state index in [4.69, 9.17) is 14.3 Å². The van der Waals surface area contributed by atoms with Crippen molar-refractivity contribution in [3.05, 3.63) is 78.6 Å². The van der Waals surface area contributed by atoms with Crippen molar-refractivity contribution in [2.45, 2.75) is 4.90 Å². The molecule has 0 unspecified atom stereocenters. The summed E-state index contributed by atoms with van der Waals surface area (Å²) in [6.07, 6.45) is 0. The number of primary sulfonamides is 1. The summed E-state index contributed by atoms with van der Waals surface area (Å²) in [7, 11) is -2.67. The second-order valence-electron chi connectivity index (χ2n) is 6.45. The van der Waals surface area contributed by atoms with Gasteiger partial charge in [-0.3, -0.25) is 0 Å². The van der Waals surface area contributed by atoms with Gasteiger partial charge in [0.25, 0.3) is 0 Å². The predicted octanol–water partition coefficient (Wildman–Crippen LogP) is 4.47. The summed E-state index contributed by atoms with van der Waals surface area (Å²) < 4.78 is 49.6. The van der Waals surface area contributed by atoms with Gasteiger partial charge in [-0.25, -0.2) is 22.9 Å². The minimum absolute atomic E-state index is 0.0806. The Kier molecular flexibility index (Phi) is 5.11. The van der Waals surface area contributed by atoms with E-state index in [0.717, 1.165) is 0 Å². The minimum Gasteiger partial charge on any atom is -0.494 e. The first-order valence-corrected chi connectivity index (χ1v) is 10.5. The number of nitrogens with zero attached hydrogens (tertiary/aromatic N) is 1. The molecule has 6 nitrogen and oxygen atoms in total. The molecule has 0 saturated carbocycles. The van der Waals surface area contributed by atoms with Crippen molar-refractivity contribution >= 4 is 10.0 Å². The van der Waals surface area contributed by atoms with Crippen molar-refractivity contribution in [1.82, 2.24) is 4.98 Å². The third kappa shape index (κ3) is 3.70. The highest BCUT2D eigenvalue weighted by molar-refractivity contribution is 7.89. The lowest BCUT2D eigenvalue weighted by Crippen LogP contribution is -2.13. The number of sulfonamides is 1. The average Bonchev–Trinajstić information content (AvgIpc) is 3.19. The van der Waals surface area contributed by atoms with Crippen molar-refractivity contribution in [3.8, 4) is 39.8 Å². The second kappa shape index (κ2) is 7.74. The monoisotopic (exact) mass is 424 g/mol. The summed E-state index contributed by atoms with van der Waals surface area (Å²) in [5, 5.41) is 5.40. The SMILES string of the molecule is COc1ccc(-c2nc(-c3ccccc3)oc2-c2ccccc2S(N)(=O)=O)cc1F. The van der Waals surface area contributed by atoms with Crippen LogP contribution in [-0.2, 0) is 10.0 Å². The topological polar surface area (TPSA) is 95.4 Å². The first-order chi connectivity index (χ1) is 14.4. The molecule has 0 aliphatic heterocycles. The highest BCUT2D eigenvalue weighted by Crippen LogP contribution is 2.39. The fourth-order valence-electron chi connectivity index (χ4n) is 3.12. The molecule has 0 bridgehead atoms. The van der Waals surface area contributed by atoms with Gasteiger partial charge in [-0.15, -0.1) is 0 Å². The van der Waals surface area contributed by atoms with E-state index < -0.39 is 15.8 Å². The predicted molar refractivity (Wildman–Crippen MR) is 111 cm³/mol. The highest BCUT2D eigenvalue weighted by Gasteiger charge is 2.24.